The number of fused-ring (bicyclic) bond motifs is 1. The Hall–Kier alpha value is -3.70. The quantitative estimate of drug-likeness (QED) is 0.612. The molecule has 3 N–H and O–H groups in total. The summed E-state index contributed by atoms with van der Waals surface area (Å²) < 4.78 is 30.1. The van der Waals surface area contributed by atoms with Gasteiger partial charge in [-0.1, -0.05) is 23.7 Å². The number of methoxy groups -OCH3 is 1. The minimum absolute atomic E-state index is 0.0109. The van der Waals surface area contributed by atoms with Crippen molar-refractivity contribution in [3.8, 4) is 23.4 Å². The molecule has 7 nitrogen and oxygen atoms in total. The van der Waals surface area contributed by atoms with Crippen molar-refractivity contribution >= 4 is 11.6 Å². The lowest BCUT2D eigenvalue weighted by molar-refractivity contribution is 0.284. The molecule has 0 saturated carbocycles. The van der Waals surface area contributed by atoms with Crippen LogP contribution in [0.25, 0.3) is 0 Å². The number of rotatable bonds is 5. The lowest BCUT2D eigenvalue weighted by Gasteiger charge is -2.24. The number of nitriles is 1. The minimum Gasteiger partial charge on any atom is -0.493 e. The van der Waals surface area contributed by atoms with Gasteiger partial charge >= 0.3 is 0 Å². The van der Waals surface area contributed by atoms with E-state index in [2.05, 4.69) is 16.3 Å². The molecule has 1 atom stereocenters. The van der Waals surface area contributed by atoms with Crippen molar-refractivity contribution in [1.82, 2.24) is 10.2 Å². The fourth-order valence-corrected chi connectivity index (χ4v) is 3.73. The first-order valence-electron chi connectivity index (χ1n) is 9.30. The van der Waals surface area contributed by atoms with E-state index in [9.17, 15) is 9.65 Å². The van der Waals surface area contributed by atoms with Crippen LogP contribution in [0.5, 0.6) is 17.4 Å². The third kappa shape index (κ3) is 3.76. The van der Waals surface area contributed by atoms with Gasteiger partial charge in [0.1, 0.15) is 24.1 Å². The van der Waals surface area contributed by atoms with E-state index in [1.807, 2.05) is 13.0 Å². The number of hydrogen-bond donors (Lipinski definition) is 2. The van der Waals surface area contributed by atoms with E-state index in [4.69, 9.17) is 31.5 Å². The van der Waals surface area contributed by atoms with Crippen LogP contribution in [0.1, 0.15) is 28.3 Å². The third-order valence-electron chi connectivity index (χ3n) is 5.05. The van der Waals surface area contributed by atoms with Gasteiger partial charge in [-0.3, -0.25) is 5.10 Å². The number of benzene rings is 2. The highest BCUT2D eigenvalue weighted by molar-refractivity contribution is 6.31. The van der Waals surface area contributed by atoms with Crippen LogP contribution in [0.4, 0.5) is 4.39 Å². The Morgan fingerprint density at radius 2 is 2.10 bits per heavy atom. The predicted molar refractivity (Wildman–Crippen MR) is 111 cm³/mol. The maximum Gasteiger partial charge on any atom is 0.244 e. The molecule has 0 saturated heterocycles. The largest absolute Gasteiger partial charge is 0.493 e. The van der Waals surface area contributed by atoms with Crippen LogP contribution in [-0.4, -0.2) is 17.3 Å². The van der Waals surface area contributed by atoms with Crippen molar-refractivity contribution in [2.24, 2.45) is 5.73 Å². The van der Waals surface area contributed by atoms with Crippen LogP contribution in [0, 0.1) is 24.1 Å². The zero-order valence-corrected chi connectivity index (χ0v) is 17.5. The smallest absolute Gasteiger partial charge is 0.244 e. The molecule has 1 aliphatic heterocycles. The number of ether oxygens (including phenoxy) is 3. The number of H-pyrrole nitrogens is 1. The molecule has 0 fully saturated rings. The molecule has 0 aliphatic carbocycles. The highest BCUT2D eigenvalue weighted by atomic mass is 35.5. The summed E-state index contributed by atoms with van der Waals surface area (Å²) in [4.78, 5) is 0. The maximum atomic E-state index is 13.3. The summed E-state index contributed by atoms with van der Waals surface area (Å²) in [5.74, 6) is 0.392. The standard InChI is InChI=1S/C22H18ClFN4O3/c1-11-19-20(15(9-25)21(26)31-22(19)28-27-11)12-4-6-17(18(7-12)29-2)30-10-13-3-5-14(24)8-16(13)23/h3-8,20H,10,26H2,1-2H3,(H,27,28). The normalized spacial score (nSPS) is 15.1. The zero-order chi connectivity index (χ0) is 22.1. The molecule has 2 heterocycles. The topological polar surface area (TPSA) is 106 Å². The van der Waals surface area contributed by atoms with E-state index < -0.39 is 11.7 Å². The van der Waals surface area contributed by atoms with Crippen LogP contribution in [0.2, 0.25) is 5.02 Å². The zero-order valence-electron chi connectivity index (χ0n) is 16.7. The van der Waals surface area contributed by atoms with Gasteiger partial charge in [-0.05, 0) is 36.8 Å². The molecule has 0 amide bonds. The second kappa shape index (κ2) is 8.20. The van der Waals surface area contributed by atoms with Crippen LogP contribution < -0.4 is 19.9 Å². The number of aryl methyl sites for hydroxylation is 1. The van der Waals surface area contributed by atoms with E-state index in [1.165, 1.54) is 19.2 Å². The number of hydrogen-bond acceptors (Lipinski definition) is 6. The summed E-state index contributed by atoms with van der Waals surface area (Å²) in [6.07, 6.45) is 0. The Labute approximate surface area is 182 Å². The monoisotopic (exact) mass is 440 g/mol. The number of nitrogens with two attached hydrogens (primary N) is 1. The summed E-state index contributed by atoms with van der Waals surface area (Å²) in [6.45, 7) is 1.98. The molecule has 4 rings (SSSR count). The first-order chi connectivity index (χ1) is 14.9. The van der Waals surface area contributed by atoms with Gasteiger partial charge in [-0.25, -0.2) is 4.39 Å². The van der Waals surface area contributed by atoms with Gasteiger partial charge in [0.2, 0.25) is 11.8 Å². The maximum absolute atomic E-state index is 13.3. The van der Waals surface area contributed by atoms with E-state index in [0.29, 0.717) is 22.9 Å². The predicted octanol–water partition coefficient (Wildman–Crippen LogP) is 4.32. The fraction of sp³-hybridized carbons (Fsp3) is 0.182. The highest BCUT2D eigenvalue weighted by Crippen LogP contribution is 2.44. The highest BCUT2D eigenvalue weighted by Gasteiger charge is 2.34. The van der Waals surface area contributed by atoms with Crippen LogP contribution in [0.15, 0.2) is 47.9 Å². The molecule has 31 heavy (non-hydrogen) atoms. The molecule has 158 valence electrons. The van der Waals surface area contributed by atoms with Crippen molar-refractivity contribution in [1.29, 1.82) is 5.26 Å². The number of halogens is 2. The van der Waals surface area contributed by atoms with Crippen molar-refractivity contribution < 1.29 is 18.6 Å². The Morgan fingerprint density at radius 1 is 1.29 bits per heavy atom. The molecular weight excluding hydrogens is 423 g/mol. The molecule has 1 aromatic heterocycles. The first-order valence-corrected chi connectivity index (χ1v) is 9.67. The van der Waals surface area contributed by atoms with E-state index in [-0.39, 0.29) is 23.1 Å². The molecule has 2 aromatic carbocycles. The van der Waals surface area contributed by atoms with Crippen molar-refractivity contribution in [3.63, 3.8) is 0 Å². The van der Waals surface area contributed by atoms with Crippen molar-refractivity contribution in [3.05, 3.63) is 81.1 Å². The number of allylic oxidation sites excluding steroid dienone is 1. The molecule has 0 radical (unpaired) electrons. The molecule has 3 aromatic rings. The lowest BCUT2D eigenvalue weighted by Crippen LogP contribution is -2.21. The molecule has 1 aliphatic rings. The Balaban J connectivity index is 1.68. The van der Waals surface area contributed by atoms with Crippen LogP contribution >= 0.6 is 11.6 Å². The molecule has 1 unspecified atom stereocenters. The van der Waals surface area contributed by atoms with Gasteiger partial charge in [-0.15, -0.1) is 5.10 Å². The Kier molecular flexibility index (Phi) is 5.44. The molecular formula is C22H18ClFN4O3. The van der Waals surface area contributed by atoms with E-state index in [0.717, 1.165) is 16.8 Å². The Morgan fingerprint density at radius 3 is 2.81 bits per heavy atom. The van der Waals surface area contributed by atoms with Gasteiger partial charge < -0.3 is 19.9 Å². The number of aromatic nitrogens is 2. The van der Waals surface area contributed by atoms with Crippen LogP contribution in [-0.2, 0) is 6.61 Å². The first kappa shape index (κ1) is 20.6. The van der Waals surface area contributed by atoms with Gasteiger partial charge in [0, 0.05) is 16.8 Å². The van der Waals surface area contributed by atoms with Gasteiger partial charge in [0.25, 0.3) is 0 Å². The summed E-state index contributed by atoms with van der Waals surface area (Å²) in [7, 11) is 1.52. The lowest BCUT2D eigenvalue weighted by atomic mass is 9.84. The second-order valence-corrected chi connectivity index (χ2v) is 7.33. The average Bonchev–Trinajstić information content (AvgIpc) is 3.12. The fourth-order valence-electron chi connectivity index (χ4n) is 3.51. The molecule has 0 bridgehead atoms. The number of aromatic amines is 1. The van der Waals surface area contributed by atoms with E-state index in [1.54, 1.807) is 18.2 Å². The summed E-state index contributed by atoms with van der Waals surface area (Å²) >= 11 is 6.07. The molecule has 9 heteroatoms. The molecule has 0 spiro atoms. The summed E-state index contributed by atoms with van der Waals surface area (Å²) in [5.41, 5.74) is 9.15. The number of nitrogens with one attached hydrogen (secondary N) is 1. The Bertz CT molecular complexity index is 1230. The average molecular weight is 441 g/mol. The number of nitrogens with zero attached hydrogens (tertiary/aromatic N) is 2. The van der Waals surface area contributed by atoms with Gasteiger partial charge in [-0.2, -0.15) is 5.26 Å². The van der Waals surface area contributed by atoms with E-state index >= 15 is 0 Å². The second-order valence-electron chi connectivity index (χ2n) is 6.93. The SMILES string of the molecule is COc1cc(C2C(C#N)=C(N)Oc3n[nH]c(C)c32)ccc1OCc1ccc(F)cc1Cl. The van der Waals surface area contributed by atoms with Gasteiger partial charge in [0.05, 0.1) is 18.1 Å². The minimum atomic E-state index is -0.470. The summed E-state index contributed by atoms with van der Waals surface area (Å²) in [6, 6.07) is 11.6. The van der Waals surface area contributed by atoms with Crippen molar-refractivity contribution in [2.75, 3.05) is 7.11 Å². The van der Waals surface area contributed by atoms with Gasteiger partial charge in [0.15, 0.2) is 11.5 Å². The van der Waals surface area contributed by atoms with Crippen molar-refractivity contribution in [2.45, 2.75) is 19.4 Å². The van der Waals surface area contributed by atoms with Crippen LogP contribution in [0.3, 0.4) is 0 Å². The summed E-state index contributed by atoms with van der Waals surface area (Å²) in [5, 5.41) is 17.0. The third-order valence-corrected chi connectivity index (χ3v) is 5.40.